The van der Waals surface area contributed by atoms with Crippen molar-refractivity contribution in [2.75, 3.05) is 45.8 Å². The second kappa shape index (κ2) is 8.36. The van der Waals surface area contributed by atoms with E-state index in [2.05, 4.69) is 20.0 Å². The summed E-state index contributed by atoms with van der Waals surface area (Å²) in [6.45, 7) is 7.76. The number of rotatable bonds is 6. The van der Waals surface area contributed by atoms with Gasteiger partial charge in [0.05, 0.1) is 6.54 Å². The zero-order valence-electron chi connectivity index (χ0n) is 15.8. The molecule has 0 radical (unpaired) electrons. The van der Waals surface area contributed by atoms with Crippen LogP contribution in [-0.4, -0.2) is 84.5 Å². The molecular formula is C20H36N4O. The molecule has 4 rings (SSSR count). The van der Waals surface area contributed by atoms with Gasteiger partial charge in [0, 0.05) is 37.8 Å². The molecule has 1 saturated carbocycles. The van der Waals surface area contributed by atoms with Crippen molar-refractivity contribution >= 4 is 5.91 Å². The molecule has 0 aromatic heterocycles. The van der Waals surface area contributed by atoms with Crippen molar-refractivity contribution in [2.45, 2.75) is 75.9 Å². The van der Waals surface area contributed by atoms with Gasteiger partial charge in [0.1, 0.15) is 0 Å². The summed E-state index contributed by atoms with van der Waals surface area (Å²) in [5, 5.41) is 3.33. The number of piperidine rings is 2. The molecule has 0 aromatic rings. The van der Waals surface area contributed by atoms with E-state index in [1.54, 1.807) is 0 Å². The molecular weight excluding hydrogens is 312 g/mol. The Morgan fingerprint density at radius 3 is 2.32 bits per heavy atom. The maximum absolute atomic E-state index is 12.6. The highest BCUT2D eigenvalue weighted by Crippen LogP contribution is 2.29. The average molecular weight is 349 g/mol. The minimum atomic E-state index is 0.260. The molecule has 25 heavy (non-hydrogen) atoms. The van der Waals surface area contributed by atoms with E-state index in [0.29, 0.717) is 18.6 Å². The number of likely N-dealkylation sites (tertiary alicyclic amines) is 3. The van der Waals surface area contributed by atoms with Crippen molar-refractivity contribution in [3.8, 4) is 0 Å². The zero-order chi connectivity index (χ0) is 17.1. The van der Waals surface area contributed by atoms with Crippen LogP contribution in [0.2, 0.25) is 0 Å². The first-order chi connectivity index (χ1) is 12.3. The summed E-state index contributed by atoms with van der Waals surface area (Å²) in [7, 11) is 0. The number of amides is 1. The Morgan fingerprint density at radius 2 is 1.60 bits per heavy atom. The van der Waals surface area contributed by atoms with E-state index in [9.17, 15) is 4.79 Å². The first-order valence-corrected chi connectivity index (χ1v) is 10.8. The maximum Gasteiger partial charge on any atom is 0.234 e. The number of nitrogens with zero attached hydrogens (tertiary/aromatic N) is 3. The largest absolute Gasteiger partial charge is 0.352 e. The minimum Gasteiger partial charge on any atom is -0.352 e. The van der Waals surface area contributed by atoms with Crippen molar-refractivity contribution in [2.24, 2.45) is 0 Å². The number of carbonyl (C=O) groups excluding carboxylic acids is 1. The molecule has 3 aliphatic heterocycles. The standard InChI is InChI=1S/C20H36N4O/c25-20(21-17-8-13-23(14-9-17)18-6-7-18)16-24-12-4-5-19(24)15-22-10-2-1-3-11-22/h17-19H,1-16H2,(H,21,25)/t19-/m0/s1. The van der Waals surface area contributed by atoms with Crippen LogP contribution < -0.4 is 5.32 Å². The molecule has 5 heteroatoms. The van der Waals surface area contributed by atoms with E-state index in [1.807, 2.05) is 0 Å². The first-order valence-electron chi connectivity index (χ1n) is 10.8. The van der Waals surface area contributed by atoms with Gasteiger partial charge in [-0.25, -0.2) is 0 Å². The quantitative estimate of drug-likeness (QED) is 0.793. The third-order valence-corrected chi connectivity index (χ3v) is 6.72. The fourth-order valence-electron chi connectivity index (χ4n) is 5.06. The molecule has 4 fully saturated rings. The van der Waals surface area contributed by atoms with Crippen molar-refractivity contribution in [1.29, 1.82) is 0 Å². The van der Waals surface area contributed by atoms with Crippen LogP contribution in [0.3, 0.4) is 0 Å². The topological polar surface area (TPSA) is 38.8 Å². The summed E-state index contributed by atoms with van der Waals surface area (Å²) in [5.74, 6) is 0.260. The lowest BCUT2D eigenvalue weighted by atomic mass is 10.0. The molecule has 5 nitrogen and oxygen atoms in total. The van der Waals surface area contributed by atoms with Crippen molar-refractivity contribution in [1.82, 2.24) is 20.0 Å². The predicted molar refractivity (Wildman–Crippen MR) is 101 cm³/mol. The summed E-state index contributed by atoms with van der Waals surface area (Å²) in [6, 6.07) is 1.88. The van der Waals surface area contributed by atoms with E-state index >= 15 is 0 Å². The lowest BCUT2D eigenvalue weighted by Gasteiger charge is -2.34. The van der Waals surface area contributed by atoms with Gasteiger partial charge >= 0.3 is 0 Å². The summed E-state index contributed by atoms with van der Waals surface area (Å²) >= 11 is 0. The van der Waals surface area contributed by atoms with Gasteiger partial charge in [-0.2, -0.15) is 0 Å². The van der Waals surface area contributed by atoms with Gasteiger partial charge in [-0.3, -0.25) is 9.69 Å². The molecule has 1 N–H and O–H groups in total. The van der Waals surface area contributed by atoms with Crippen LogP contribution in [0.5, 0.6) is 0 Å². The maximum atomic E-state index is 12.6. The molecule has 0 bridgehead atoms. The molecule has 1 amide bonds. The van der Waals surface area contributed by atoms with Gasteiger partial charge in [0.25, 0.3) is 0 Å². The summed E-state index contributed by atoms with van der Waals surface area (Å²) in [6.07, 6.45) is 11.7. The molecule has 0 aromatic carbocycles. The van der Waals surface area contributed by atoms with E-state index in [1.165, 1.54) is 77.7 Å². The van der Waals surface area contributed by atoms with Gasteiger partial charge in [0.15, 0.2) is 0 Å². The Labute approximate surface area is 153 Å². The third-order valence-electron chi connectivity index (χ3n) is 6.72. The number of hydrogen-bond donors (Lipinski definition) is 1. The van der Waals surface area contributed by atoms with Crippen LogP contribution in [0, 0.1) is 0 Å². The highest BCUT2D eigenvalue weighted by Gasteiger charge is 2.33. The number of carbonyl (C=O) groups is 1. The average Bonchev–Trinajstić information content (AvgIpc) is 3.39. The number of nitrogens with one attached hydrogen (secondary N) is 1. The molecule has 3 heterocycles. The van der Waals surface area contributed by atoms with E-state index < -0.39 is 0 Å². The smallest absolute Gasteiger partial charge is 0.234 e. The van der Waals surface area contributed by atoms with Crippen LogP contribution in [-0.2, 0) is 4.79 Å². The van der Waals surface area contributed by atoms with Crippen LogP contribution in [0.4, 0.5) is 0 Å². The molecule has 3 saturated heterocycles. The predicted octanol–water partition coefficient (Wildman–Crippen LogP) is 1.68. The first kappa shape index (κ1) is 17.7. The number of hydrogen-bond acceptors (Lipinski definition) is 4. The Hall–Kier alpha value is -0.650. The highest BCUT2D eigenvalue weighted by molar-refractivity contribution is 5.78. The van der Waals surface area contributed by atoms with Crippen LogP contribution in [0.15, 0.2) is 0 Å². The van der Waals surface area contributed by atoms with Crippen molar-refractivity contribution in [3.05, 3.63) is 0 Å². The van der Waals surface area contributed by atoms with Crippen LogP contribution in [0.25, 0.3) is 0 Å². The monoisotopic (exact) mass is 348 g/mol. The van der Waals surface area contributed by atoms with Crippen molar-refractivity contribution < 1.29 is 4.79 Å². The fraction of sp³-hybridized carbons (Fsp3) is 0.950. The van der Waals surface area contributed by atoms with E-state index in [4.69, 9.17) is 0 Å². The highest BCUT2D eigenvalue weighted by atomic mass is 16.2. The molecule has 1 atom stereocenters. The van der Waals surface area contributed by atoms with Crippen LogP contribution >= 0.6 is 0 Å². The summed E-state index contributed by atoms with van der Waals surface area (Å²) in [4.78, 5) is 20.2. The molecule has 1 aliphatic carbocycles. The minimum absolute atomic E-state index is 0.260. The fourth-order valence-corrected chi connectivity index (χ4v) is 5.06. The molecule has 142 valence electrons. The molecule has 0 spiro atoms. The zero-order valence-corrected chi connectivity index (χ0v) is 15.8. The van der Waals surface area contributed by atoms with E-state index in [0.717, 1.165) is 25.4 Å². The lowest BCUT2D eigenvalue weighted by molar-refractivity contribution is -0.123. The van der Waals surface area contributed by atoms with E-state index in [-0.39, 0.29) is 5.91 Å². The Bertz CT molecular complexity index is 439. The van der Waals surface area contributed by atoms with Crippen molar-refractivity contribution in [3.63, 3.8) is 0 Å². The lowest BCUT2D eigenvalue weighted by Crippen LogP contribution is -2.50. The molecule has 0 unspecified atom stereocenters. The summed E-state index contributed by atoms with van der Waals surface area (Å²) < 4.78 is 0. The SMILES string of the molecule is O=C(CN1CCC[C@H]1CN1CCCCC1)NC1CCN(C2CC2)CC1. The van der Waals surface area contributed by atoms with Gasteiger partial charge in [-0.1, -0.05) is 6.42 Å². The Balaban J connectivity index is 1.18. The van der Waals surface area contributed by atoms with Gasteiger partial charge < -0.3 is 15.1 Å². The Morgan fingerprint density at radius 1 is 0.840 bits per heavy atom. The van der Waals surface area contributed by atoms with Gasteiger partial charge in [0.2, 0.25) is 5.91 Å². The second-order valence-electron chi connectivity index (χ2n) is 8.74. The van der Waals surface area contributed by atoms with Gasteiger partial charge in [-0.05, 0) is 71.0 Å². The summed E-state index contributed by atoms with van der Waals surface area (Å²) in [5.41, 5.74) is 0. The second-order valence-corrected chi connectivity index (χ2v) is 8.74. The molecule has 4 aliphatic rings. The van der Waals surface area contributed by atoms with Crippen LogP contribution in [0.1, 0.15) is 57.8 Å². The van der Waals surface area contributed by atoms with Gasteiger partial charge in [-0.15, -0.1) is 0 Å². The third kappa shape index (κ3) is 4.95. The normalized spacial score (nSPS) is 30.6. The Kier molecular flexibility index (Phi) is 5.94.